The molecule has 0 aromatic heterocycles. The number of carbonyl (C=O) groups excluding carboxylic acids is 1. The molecule has 0 spiro atoms. The zero-order valence-corrected chi connectivity index (χ0v) is 11.5. The van der Waals surface area contributed by atoms with E-state index in [9.17, 15) is 14.7 Å². The molecule has 2 heterocycles. The number of likely N-dealkylation sites (N-methyl/N-ethyl adjacent to an activating group) is 1. The topological polar surface area (TPSA) is 78.9 Å². The molecule has 2 saturated heterocycles. The fourth-order valence-electron chi connectivity index (χ4n) is 2.99. The van der Waals surface area contributed by atoms with Crippen molar-refractivity contribution in [3.05, 3.63) is 0 Å². The van der Waals surface area contributed by atoms with Crippen LogP contribution < -0.4 is 5.32 Å². The number of carbonyl (C=O) groups is 2. The van der Waals surface area contributed by atoms with Crippen molar-refractivity contribution < 1.29 is 19.4 Å². The third-order valence-corrected chi connectivity index (χ3v) is 4.23. The van der Waals surface area contributed by atoms with Gasteiger partial charge in [0.2, 0.25) is 5.91 Å². The Hall–Kier alpha value is -1.14. The second-order valence-electron chi connectivity index (χ2n) is 5.42. The summed E-state index contributed by atoms with van der Waals surface area (Å²) >= 11 is 0. The van der Waals surface area contributed by atoms with E-state index >= 15 is 0 Å². The van der Waals surface area contributed by atoms with E-state index in [2.05, 4.69) is 12.2 Å². The number of aliphatic carboxylic acids is 1. The summed E-state index contributed by atoms with van der Waals surface area (Å²) in [7, 11) is 0. The molecule has 0 saturated carbocycles. The SMILES string of the molecule is CCN(C(=O)C1CNCC1C)C1COCC1C(=O)O. The van der Waals surface area contributed by atoms with Gasteiger partial charge in [-0.15, -0.1) is 0 Å². The minimum Gasteiger partial charge on any atom is -0.481 e. The van der Waals surface area contributed by atoms with Crippen LogP contribution in [0.5, 0.6) is 0 Å². The summed E-state index contributed by atoms with van der Waals surface area (Å²) in [5, 5.41) is 12.4. The number of rotatable bonds is 4. The van der Waals surface area contributed by atoms with Gasteiger partial charge >= 0.3 is 5.97 Å². The molecule has 2 aliphatic heterocycles. The Bertz CT molecular complexity index is 361. The van der Waals surface area contributed by atoms with E-state index in [1.165, 1.54) is 0 Å². The van der Waals surface area contributed by atoms with Crippen LogP contribution in [0.15, 0.2) is 0 Å². The first-order valence-corrected chi connectivity index (χ1v) is 6.88. The van der Waals surface area contributed by atoms with E-state index < -0.39 is 11.9 Å². The number of nitrogens with zero attached hydrogens (tertiary/aromatic N) is 1. The second-order valence-corrected chi connectivity index (χ2v) is 5.42. The van der Waals surface area contributed by atoms with Crippen molar-refractivity contribution in [2.24, 2.45) is 17.8 Å². The quantitative estimate of drug-likeness (QED) is 0.739. The van der Waals surface area contributed by atoms with Crippen molar-refractivity contribution >= 4 is 11.9 Å². The van der Waals surface area contributed by atoms with E-state index in [1.54, 1.807) is 4.90 Å². The summed E-state index contributed by atoms with van der Waals surface area (Å²) in [6, 6.07) is -0.331. The molecule has 108 valence electrons. The average molecular weight is 270 g/mol. The Morgan fingerprint density at radius 3 is 2.58 bits per heavy atom. The fraction of sp³-hybridized carbons (Fsp3) is 0.846. The summed E-state index contributed by atoms with van der Waals surface area (Å²) < 4.78 is 5.26. The van der Waals surface area contributed by atoms with E-state index in [1.807, 2.05) is 6.92 Å². The molecular formula is C13H22N2O4. The van der Waals surface area contributed by atoms with Gasteiger partial charge in [-0.3, -0.25) is 9.59 Å². The van der Waals surface area contributed by atoms with Crippen LogP contribution in [0.1, 0.15) is 13.8 Å². The Morgan fingerprint density at radius 2 is 2.05 bits per heavy atom. The van der Waals surface area contributed by atoms with Crippen molar-refractivity contribution in [3.63, 3.8) is 0 Å². The minimum absolute atomic E-state index is 0.0463. The van der Waals surface area contributed by atoms with Crippen LogP contribution in [-0.2, 0) is 14.3 Å². The standard InChI is InChI=1S/C13H22N2O4/c1-3-15(11-7-19-6-10(11)13(17)18)12(16)9-5-14-4-8(9)2/h8-11,14H,3-7H2,1-2H3,(H,17,18). The first-order chi connectivity index (χ1) is 9.06. The molecule has 0 bridgehead atoms. The molecular weight excluding hydrogens is 248 g/mol. The van der Waals surface area contributed by atoms with Gasteiger partial charge in [-0.05, 0) is 19.4 Å². The summed E-state index contributed by atoms with van der Waals surface area (Å²) in [5.74, 6) is -1.18. The highest BCUT2D eigenvalue weighted by atomic mass is 16.5. The molecule has 2 rings (SSSR count). The zero-order valence-electron chi connectivity index (χ0n) is 11.5. The predicted octanol–water partition coefficient (Wildman–Crippen LogP) is -0.210. The number of hydrogen-bond donors (Lipinski definition) is 2. The Kier molecular flexibility index (Phi) is 4.42. The van der Waals surface area contributed by atoms with Gasteiger partial charge in [0.05, 0.1) is 25.2 Å². The van der Waals surface area contributed by atoms with Crippen LogP contribution in [-0.4, -0.2) is 60.8 Å². The number of carboxylic acid groups (broad SMARTS) is 1. The molecule has 0 aromatic carbocycles. The van der Waals surface area contributed by atoms with Gasteiger partial charge in [0.25, 0.3) is 0 Å². The lowest BCUT2D eigenvalue weighted by Gasteiger charge is -2.32. The molecule has 4 atom stereocenters. The molecule has 0 aromatic rings. The summed E-state index contributed by atoms with van der Waals surface area (Å²) in [6.07, 6.45) is 0. The van der Waals surface area contributed by atoms with E-state index in [0.29, 0.717) is 25.6 Å². The molecule has 2 fully saturated rings. The number of carboxylic acids is 1. The Morgan fingerprint density at radius 1 is 1.32 bits per heavy atom. The molecule has 0 aliphatic carbocycles. The normalized spacial score (nSPS) is 34.4. The number of amides is 1. The Labute approximate surface area is 113 Å². The monoisotopic (exact) mass is 270 g/mol. The summed E-state index contributed by atoms with van der Waals surface area (Å²) in [6.45, 7) is 6.52. The smallest absolute Gasteiger partial charge is 0.311 e. The van der Waals surface area contributed by atoms with Gasteiger partial charge in [0.1, 0.15) is 5.92 Å². The lowest BCUT2D eigenvalue weighted by atomic mass is 9.94. The van der Waals surface area contributed by atoms with Gasteiger partial charge in [0.15, 0.2) is 0 Å². The first kappa shape index (κ1) is 14.3. The lowest BCUT2D eigenvalue weighted by Crippen LogP contribution is -2.49. The first-order valence-electron chi connectivity index (χ1n) is 6.88. The minimum atomic E-state index is -0.883. The van der Waals surface area contributed by atoms with Crippen molar-refractivity contribution in [3.8, 4) is 0 Å². The second kappa shape index (κ2) is 5.88. The average Bonchev–Trinajstić information content (AvgIpc) is 2.98. The highest BCUT2D eigenvalue weighted by Gasteiger charge is 2.42. The van der Waals surface area contributed by atoms with Crippen LogP contribution in [0, 0.1) is 17.8 Å². The zero-order chi connectivity index (χ0) is 14.0. The number of ether oxygens (including phenoxy) is 1. The molecule has 2 aliphatic rings. The maximum absolute atomic E-state index is 12.6. The van der Waals surface area contributed by atoms with Gasteiger partial charge in [0, 0.05) is 13.1 Å². The molecule has 6 nitrogen and oxygen atoms in total. The van der Waals surface area contributed by atoms with Crippen molar-refractivity contribution in [2.45, 2.75) is 19.9 Å². The van der Waals surface area contributed by atoms with Crippen molar-refractivity contribution in [2.75, 3.05) is 32.8 Å². The highest BCUT2D eigenvalue weighted by Crippen LogP contribution is 2.25. The van der Waals surface area contributed by atoms with Gasteiger partial charge < -0.3 is 20.1 Å². The van der Waals surface area contributed by atoms with Gasteiger partial charge in [-0.25, -0.2) is 0 Å². The van der Waals surface area contributed by atoms with Crippen LogP contribution >= 0.6 is 0 Å². The van der Waals surface area contributed by atoms with Crippen molar-refractivity contribution in [1.82, 2.24) is 10.2 Å². The molecule has 1 amide bonds. The van der Waals surface area contributed by atoms with E-state index in [4.69, 9.17) is 4.74 Å². The molecule has 19 heavy (non-hydrogen) atoms. The van der Waals surface area contributed by atoms with Gasteiger partial charge in [-0.1, -0.05) is 6.92 Å². The fourth-order valence-corrected chi connectivity index (χ4v) is 2.99. The highest BCUT2D eigenvalue weighted by molar-refractivity contribution is 5.81. The van der Waals surface area contributed by atoms with E-state index in [0.717, 1.165) is 6.54 Å². The molecule has 4 unspecified atom stereocenters. The largest absolute Gasteiger partial charge is 0.481 e. The van der Waals surface area contributed by atoms with Crippen LogP contribution in [0.25, 0.3) is 0 Å². The van der Waals surface area contributed by atoms with E-state index in [-0.39, 0.29) is 24.5 Å². The molecule has 2 N–H and O–H groups in total. The summed E-state index contributed by atoms with van der Waals surface area (Å²) in [5.41, 5.74) is 0. The Balaban J connectivity index is 2.10. The number of hydrogen-bond acceptors (Lipinski definition) is 4. The summed E-state index contributed by atoms with van der Waals surface area (Å²) in [4.78, 5) is 25.5. The molecule has 6 heteroatoms. The van der Waals surface area contributed by atoms with Crippen LogP contribution in [0.2, 0.25) is 0 Å². The third-order valence-electron chi connectivity index (χ3n) is 4.23. The van der Waals surface area contributed by atoms with Gasteiger partial charge in [-0.2, -0.15) is 0 Å². The maximum Gasteiger partial charge on any atom is 0.311 e. The maximum atomic E-state index is 12.6. The van der Waals surface area contributed by atoms with Crippen molar-refractivity contribution in [1.29, 1.82) is 0 Å². The van der Waals surface area contributed by atoms with Crippen LogP contribution in [0.4, 0.5) is 0 Å². The third kappa shape index (κ3) is 2.74. The lowest BCUT2D eigenvalue weighted by molar-refractivity contribution is -0.146. The molecule has 0 radical (unpaired) electrons. The number of nitrogens with one attached hydrogen (secondary N) is 1. The van der Waals surface area contributed by atoms with Crippen LogP contribution in [0.3, 0.4) is 0 Å². The predicted molar refractivity (Wildman–Crippen MR) is 68.6 cm³/mol.